The lowest BCUT2D eigenvalue weighted by atomic mass is 9.80. The van der Waals surface area contributed by atoms with E-state index in [2.05, 4.69) is 0 Å². The minimum Gasteiger partial charge on any atom is -0.391 e. The number of piperidine rings is 3. The van der Waals surface area contributed by atoms with Crippen LogP contribution in [0.25, 0.3) is 0 Å². The van der Waals surface area contributed by atoms with Gasteiger partial charge in [0.05, 0.1) is 6.61 Å². The van der Waals surface area contributed by atoms with Gasteiger partial charge in [0.25, 0.3) is 0 Å². The van der Waals surface area contributed by atoms with Gasteiger partial charge in [-0.2, -0.15) is 0 Å². The molecular weight excluding hydrogens is 182 g/mol. The van der Waals surface area contributed by atoms with E-state index in [0.717, 1.165) is 25.9 Å². The van der Waals surface area contributed by atoms with Crippen LogP contribution in [-0.4, -0.2) is 47.8 Å². The molecule has 3 rings (SSSR count). The van der Waals surface area contributed by atoms with Crippen molar-refractivity contribution in [3.8, 4) is 0 Å². The number of Topliss-reactive ketones (excluding diaryl/α,β-unsaturated/α-hetero) is 1. The van der Waals surface area contributed by atoms with Crippen molar-refractivity contribution < 1.29 is 14.6 Å². The zero-order chi connectivity index (χ0) is 10.2. The van der Waals surface area contributed by atoms with Crippen LogP contribution in [0.15, 0.2) is 0 Å². The van der Waals surface area contributed by atoms with Crippen molar-refractivity contribution in [3.05, 3.63) is 0 Å². The van der Waals surface area contributed by atoms with Crippen LogP contribution in [0.3, 0.4) is 0 Å². The molecule has 1 unspecified atom stereocenters. The fourth-order valence-electron chi connectivity index (χ4n) is 2.60. The Kier molecular flexibility index (Phi) is 2.60. The lowest BCUT2D eigenvalue weighted by Crippen LogP contribution is -2.68. The van der Waals surface area contributed by atoms with Gasteiger partial charge in [0, 0.05) is 25.6 Å². The third kappa shape index (κ3) is 1.21. The van der Waals surface area contributed by atoms with Crippen molar-refractivity contribution >= 4 is 5.78 Å². The van der Waals surface area contributed by atoms with Crippen LogP contribution < -0.4 is 0 Å². The fourth-order valence-corrected chi connectivity index (χ4v) is 2.60. The highest BCUT2D eigenvalue weighted by atomic mass is 16.5. The third-order valence-electron chi connectivity index (χ3n) is 3.36. The molecule has 0 aromatic heterocycles. The quantitative estimate of drug-likeness (QED) is 0.695. The first kappa shape index (κ1) is 10.1. The van der Waals surface area contributed by atoms with Crippen LogP contribution in [0.2, 0.25) is 0 Å². The predicted octanol–water partition coefficient (Wildman–Crippen LogP) is 0.00620. The predicted molar refractivity (Wildman–Crippen MR) is 50.7 cm³/mol. The van der Waals surface area contributed by atoms with E-state index in [4.69, 9.17) is 4.74 Å². The first-order valence-corrected chi connectivity index (χ1v) is 5.29. The first-order valence-electron chi connectivity index (χ1n) is 5.29. The molecule has 3 heterocycles. The molecule has 2 bridgehead atoms. The van der Waals surface area contributed by atoms with Crippen molar-refractivity contribution in [2.45, 2.75) is 25.5 Å². The zero-order valence-electron chi connectivity index (χ0n) is 8.53. The van der Waals surface area contributed by atoms with E-state index in [1.165, 1.54) is 0 Å². The highest BCUT2D eigenvalue weighted by molar-refractivity contribution is 5.90. The number of nitrogens with zero attached hydrogens (tertiary/aromatic N) is 1. The van der Waals surface area contributed by atoms with E-state index in [1.54, 1.807) is 0 Å². The number of aliphatic hydroxyl groups excluding tert-OH is 1. The Morgan fingerprint density at radius 1 is 1.57 bits per heavy atom. The van der Waals surface area contributed by atoms with Crippen molar-refractivity contribution in [1.29, 1.82) is 0 Å². The minimum absolute atomic E-state index is 0.0827. The van der Waals surface area contributed by atoms with E-state index >= 15 is 0 Å². The van der Waals surface area contributed by atoms with Crippen LogP contribution in [0.5, 0.6) is 0 Å². The van der Waals surface area contributed by atoms with Gasteiger partial charge in [-0.25, -0.2) is 0 Å². The maximum Gasteiger partial charge on any atom is 0.204 e. The van der Waals surface area contributed by atoms with Gasteiger partial charge in [-0.05, 0) is 19.8 Å². The maximum atomic E-state index is 12.0. The molecule has 0 aliphatic carbocycles. The van der Waals surface area contributed by atoms with E-state index in [9.17, 15) is 9.90 Å². The summed E-state index contributed by atoms with van der Waals surface area (Å²) in [6.07, 6.45) is 1.85. The topological polar surface area (TPSA) is 49.8 Å². The normalized spacial score (nSPS) is 41.7. The minimum atomic E-state index is -1.00. The van der Waals surface area contributed by atoms with Gasteiger partial charge in [0.2, 0.25) is 5.72 Å². The maximum absolute atomic E-state index is 12.0. The number of carbonyl (C=O) groups excluding carboxylic acids is 1. The summed E-state index contributed by atoms with van der Waals surface area (Å²) < 4.78 is 5.49. The lowest BCUT2D eigenvalue weighted by Gasteiger charge is -2.51. The van der Waals surface area contributed by atoms with E-state index < -0.39 is 5.72 Å². The van der Waals surface area contributed by atoms with Gasteiger partial charge in [-0.15, -0.1) is 0 Å². The number of ether oxygens (including phenoxy) is 1. The summed E-state index contributed by atoms with van der Waals surface area (Å²) in [5, 5.41) is 9.38. The number of hydrogen-bond donors (Lipinski definition) is 1. The summed E-state index contributed by atoms with van der Waals surface area (Å²) in [7, 11) is 0. The number of carbonyl (C=O) groups is 1. The van der Waals surface area contributed by atoms with Gasteiger partial charge in [0.1, 0.15) is 0 Å². The molecule has 0 amide bonds. The van der Waals surface area contributed by atoms with Crippen LogP contribution in [-0.2, 0) is 9.53 Å². The van der Waals surface area contributed by atoms with E-state index in [0.29, 0.717) is 6.61 Å². The molecule has 4 heteroatoms. The van der Waals surface area contributed by atoms with Crippen LogP contribution in [0, 0.1) is 5.92 Å². The van der Waals surface area contributed by atoms with Crippen molar-refractivity contribution in [2.24, 2.45) is 5.92 Å². The van der Waals surface area contributed by atoms with Crippen LogP contribution in [0.4, 0.5) is 0 Å². The molecule has 14 heavy (non-hydrogen) atoms. The Hall–Kier alpha value is -0.450. The lowest BCUT2D eigenvalue weighted by molar-refractivity contribution is -0.214. The third-order valence-corrected chi connectivity index (χ3v) is 3.36. The Bertz CT molecular complexity index is 236. The molecule has 0 radical (unpaired) electrons. The van der Waals surface area contributed by atoms with Crippen molar-refractivity contribution in [2.75, 3.05) is 26.3 Å². The molecule has 3 fully saturated rings. The Balaban J connectivity index is 2.26. The van der Waals surface area contributed by atoms with Gasteiger partial charge in [-0.3, -0.25) is 9.69 Å². The number of rotatable bonds is 3. The molecule has 3 aliphatic heterocycles. The highest BCUT2D eigenvalue weighted by Crippen LogP contribution is 2.36. The molecule has 3 aliphatic rings. The summed E-state index contributed by atoms with van der Waals surface area (Å²) in [4.78, 5) is 14.0. The SMILES string of the molecule is CCOC1(CO)C(=O)C2CCN1CC2. The van der Waals surface area contributed by atoms with Crippen molar-refractivity contribution in [3.63, 3.8) is 0 Å². The second-order valence-electron chi connectivity index (χ2n) is 4.00. The van der Waals surface area contributed by atoms with Crippen LogP contribution in [0.1, 0.15) is 19.8 Å². The molecule has 1 N–H and O–H groups in total. The van der Waals surface area contributed by atoms with E-state index in [1.807, 2.05) is 11.8 Å². The molecule has 0 saturated carbocycles. The van der Waals surface area contributed by atoms with Gasteiger partial charge in [-0.1, -0.05) is 0 Å². The molecular formula is C10H17NO3. The Labute approximate surface area is 83.8 Å². The summed E-state index contributed by atoms with van der Waals surface area (Å²) in [6.45, 7) is 3.85. The molecule has 4 nitrogen and oxygen atoms in total. The standard InChI is InChI=1S/C10H17NO3/c1-2-14-10(7-12)9(13)8-3-5-11(10)6-4-8/h8,12H,2-7H2,1H3. The first-order chi connectivity index (χ1) is 6.74. The van der Waals surface area contributed by atoms with Gasteiger partial charge < -0.3 is 9.84 Å². The Morgan fingerprint density at radius 2 is 2.21 bits per heavy atom. The van der Waals surface area contributed by atoms with Gasteiger partial charge >= 0.3 is 0 Å². The largest absolute Gasteiger partial charge is 0.391 e. The Morgan fingerprint density at radius 3 is 2.64 bits per heavy atom. The smallest absolute Gasteiger partial charge is 0.204 e. The van der Waals surface area contributed by atoms with E-state index in [-0.39, 0.29) is 18.3 Å². The summed E-state index contributed by atoms with van der Waals surface area (Å²) in [6, 6.07) is 0. The molecule has 0 spiro atoms. The summed E-state index contributed by atoms with van der Waals surface area (Å²) in [5.74, 6) is 0.193. The van der Waals surface area contributed by atoms with Crippen LogP contribution >= 0.6 is 0 Å². The average Bonchev–Trinajstić information content (AvgIpc) is 2.24. The average molecular weight is 199 g/mol. The molecule has 0 aromatic carbocycles. The number of aliphatic hydroxyl groups is 1. The zero-order valence-corrected chi connectivity index (χ0v) is 8.53. The summed E-state index contributed by atoms with van der Waals surface area (Å²) in [5.41, 5.74) is -1.00. The van der Waals surface area contributed by atoms with Crippen molar-refractivity contribution in [1.82, 2.24) is 4.90 Å². The molecule has 1 atom stereocenters. The highest BCUT2D eigenvalue weighted by Gasteiger charge is 2.53. The summed E-state index contributed by atoms with van der Waals surface area (Å²) >= 11 is 0. The second kappa shape index (κ2) is 3.61. The number of fused-ring (bicyclic) bond motifs is 3. The van der Waals surface area contributed by atoms with Gasteiger partial charge in [0.15, 0.2) is 5.78 Å². The second-order valence-corrected chi connectivity index (χ2v) is 4.00. The number of hydrogen-bond acceptors (Lipinski definition) is 4. The molecule has 80 valence electrons. The number of ketones is 1. The molecule has 0 aromatic rings. The molecule has 3 saturated heterocycles. The monoisotopic (exact) mass is 199 g/mol. The fraction of sp³-hybridized carbons (Fsp3) is 0.900.